The highest BCUT2D eigenvalue weighted by Crippen LogP contribution is 2.15. The lowest BCUT2D eigenvalue weighted by Gasteiger charge is -2.03. The van der Waals surface area contributed by atoms with Gasteiger partial charge in [0, 0.05) is 0 Å². The molecule has 0 spiro atoms. The van der Waals surface area contributed by atoms with Crippen molar-refractivity contribution in [1.82, 2.24) is 0 Å². The minimum Gasteiger partial charge on any atom is -0.370 e. The van der Waals surface area contributed by atoms with Crippen LogP contribution in [0.3, 0.4) is 0 Å². The summed E-state index contributed by atoms with van der Waals surface area (Å²) in [5.41, 5.74) is 0.853. The average Bonchev–Trinajstić information content (AvgIpc) is 2.06. The van der Waals surface area contributed by atoms with Gasteiger partial charge in [0.1, 0.15) is 5.75 Å². The Balaban J connectivity index is 0.00000225. The third-order valence-electron chi connectivity index (χ3n) is 1.48. The van der Waals surface area contributed by atoms with E-state index in [4.69, 9.17) is 4.55 Å². The van der Waals surface area contributed by atoms with Gasteiger partial charge in [-0.1, -0.05) is 17.7 Å². The fourth-order valence-electron chi connectivity index (χ4n) is 0.755. The lowest BCUT2D eigenvalue weighted by atomic mass is 10.2. The molecular weight excluding hydrogens is 269 g/mol. The Morgan fingerprint density at radius 3 is 1.88 bits per heavy atom. The minimum absolute atomic E-state index is 0. The Morgan fingerprint density at radius 2 is 1.50 bits per heavy atom. The van der Waals surface area contributed by atoms with Gasteiger partial charge in [-0.05, 0) is 19.1 Å². The zero-order chi connectivity index (χ0) is 11.7. The summed E-state index contributed by atoms with van der Waals surface area (Å²) in [6, 6.07) is 5.62. The van der Waals surface area contributed by atoms with E-state index in [2.05, 4.69) is 4.18 Å². The molecule has 0 aliphatic carbocycles. The van der Waals surface area contributed by atoms with Crippen LogP contribution in [0.5, 0.6) is 5.75 Å². The topological polar surface area (TPSA) is 97.7 Å². The van der Waals surface area contributed by atoms with Crippen LogP contribution < -0.4 is 4.18 Å². The standard InChI is InChI=1S/C7H8O6S2.Mg.2H/c1-6-2-4-7(5-3-6)13-15(11,12)14(8,9)10;;;/h2-5H,1H3,(H,8,9,10);;;. The van der Waals surface area contributed by atoms with E-state index in [1.54, 1.807) is 6.92 Å². The summed E-state index contributed by atoms with van der Waals surface area (Å²) < 4.78 is 54.9. The van der Waals surface area contributed by atoms with E-state index in [1.807, 2.05) is 0 Å². The van der Waals surface area contributed by atoms with E-state index >= 15 is 0 Å². The van der Waals surface area contributed by atoms with Crippen molar-refractivity contribution in [3.05, 3.63) is 29.8 Å². The van der Waals surface area contributed by atoms with Gasteiger partial charge >= 0.3 is 41.4 Å². The molecule has 6 nitrogen and oxygen atoms in total. The molecule has 0 atom stereocenters. The fourth-order valence-corrected chi connectivity index (χ4v) is 1.68. The zero-order valence-electron chi connectivity index (χ0n) is 7.61. The number of hydrogen-bond acceptors (Lipinski definition) is 5. The fraction of sp³-hybridized carbons (Fsp3) is 0.143. The maximum Gasteiger partial charge on any atom is 0.444 e. The van der Waals surface area contributed by atoms with Crippen LogP contribution in [0.2, 0.25) is 0 Å². The second-order valence-electron chi connectivity index (χ2n) is 2.73. The van der Waals surface area contributed by atoms with Crippen LogP contribution in [0.4, 0.5) is 0 Å². The molecule has 0 unspecified atom stereocenters. The summed E-state index contributed by atoms with van der Waals surface area (Å²) in [5.74, 6) is -0.182. The van der Waals surface area contributed by atoms with Crippen molar-refractivity contribution in [2.75, 3.05) is 0 Å². The average molecular weight is 279 g/mol. The quantitative estimate of drug-likeness (QED) is 0.458. The molecule has 0 aromatic heterocycles. The Morgan fingerprint density at radius 1 is 1.06 bits per heavy atom. The van der Waals surface area contributed by atoms with Crippen LogP contribution in [-0.2, 0) is 18.3 Å². The van der Waals surface area contributed by atoms with E-state index in [0.717, 1.165) is 5.56 Å². The first-order valence-electron chi connectivity index (χ1n) is 3.71. The molecule has 0 saturated carbocycles. The van der Waals surface area contributed by atoms with Gasteiger partial charge in [-0.2, -0.15) is 16.8 Å². The number of aryl methyl sites for hydroxylation is 1. The first-order valence-corrected chi connectivity index (χ1v) is 7.07. The van der Waals surface area contributed by atoms with Crippen molar-refractivity contribution in [1.29, 1.82) is 0 Å². The van der Waals surface area contributed by atoms with Crippen molar-refractivity contribution in [2.45, 2.75) is 6.92 Å². The van der Waals surface area contributed by atoms with Crippen molar-refractivity contribution in [3.63, 3.8) is 0 Å². The highest BCUT2D eigenvalue weighted by molar-refractivity contribution is 8.63. The van der Waals surface area contributed by atoms with Crippen molar-refractivity contribution in [3.8, 4) is 5.75 Å². The lowest BCUT2D eigenvalue weighted by Crippen LogP contribution is -2.20. The monoisotopic (exact) mass is 278 g/mol. The van der Waals surface area contributed by atoms with Gasteiger partial charge in [0.15, 0.2) is 0 Å². The molecule has 0 radical (unpaired) electrons. The molecule has 1 aromatic rings. The Bertz CT molecular complexity index is 545. The van der Waals surface area contributed by atoms with Crippen LogP contribution in [0, 0.1) is 6.92 Å². The first kappa shape index (κ1) is 15.6. The molecule has 9 heteroatoms. The summed E-state index contributed by atoms with van der Waals surface area (Å²) in [6.45, 7) is 1.76. The van der Waals surface area contributed by atoms with Gasteiger partial charge in [-0.3, -0.25) is 4.55 Å². The van der Waals surface area contributed by atoms with Gasteiger partial charge in [0.25, 0.3) is 0 Å². The van der Waals surface area contributed by atoms with E-state index in [1.165, 1.54) is 24.3 Å². The van der Waals surface area contributed by atoms with Crippen molar-refractivity contribution >= 4 is 41.4 Å². The molecule has 0 aliphatic rings. The predicted octanol–water partition coefficient (Wildman–Crippen LogP) is -0.410. The molecule has 0 bridgehead atoms. The van der Waals surface area contributed by atoms with Gasteiger partial charge in [-0.15, -0.1) is 0 Å². The normalized spacial score (nSPS) is 11.6. The third kappa shape index (κ3) is 3.90. The van der Waals surface area contributed by atoms with E-state index in [-0.39, 0.29) is 28.8 Å². The van der Waals surface area contributed by atoms with Gasteiger partial charge in [0.2, 0.25) is 0 Å². The van der Waals surface area contributed by atoms with Crippen molar-refractivity contribution in [2.24, 2.45) is 0 Å². The Kier molecular flexibility index (Phi) is 5.20. The summed E-state index contributed by atoms with van der Waals surface area (Å²) in [7, 11) is -10.3. The SMILES string of the molecule is Cc1ccc(OS(=O)(=O)S(=O)(=O)O)cc1.[MgH2]. The summed E-state index contributed by atoms with van der Waals surface area (Å²) in [4.78, 5) is 0. The molecule has 1 aromatic carbocycles. The molecule has 1 rings (SSSR count). The first-order chi connectivity index (χ1) is 6.72. The van der Waals surface area contributed by atoms with Gasteiger partial charge < -0.3 is 4.18 Å². The highest BCUT2D eigenvalue weighted by atomic mass is 33.2. The Hall–Kier alpha value is -0.354. The Labute approximate surface area is 109 Å². The van der Waals surface area contributed by atoms with E-state index in [9.17, 15) is 16.8 Å². The van der Waals surface area contributed by atoms with E-state index < -0.39 is 18.3 Å². The van der Waals surface area contributed by atoms with Crippen LogP contribution in [0.1, 0.15) is 5.56 Å². The van der Waals surface area contributed by atoms with Crippen LogP contribution >= 0.6 is 0 Å². The van der Waals surface area contributed by atoms with Crippen LogP contribution in [0.15, 0.2) is 24.3 Å². The summed E-state index contributed by atoms with van der Waals surface area (Å²) >= 11 is 0. The van der Waals surface area contributed by atoms with Crippen LogP contribution in [-0.4, -0.2) is 44.4 Å². The molecule has 0 fully saturated rings. The minimum atomic E-state index is -5.26. The molecule has 0 saturated heterocycles. The molecular formula is C7H10MgO6S2. The molecule has 1 N–H and O–H groups in total. The van der Waals surface area contributed by atoms with Crippen LogP contribution in [0.25, 0.3) is 0 Å². The molecule has 0 amide bonds. The maximum atomic E-state index is 10.8. The predicted molar refractivity (Wildman–Crippen MR) is 60.8 cm³/mol. The lowest BCUT2D eigenvalue weighted by molar-refractivity contribution is 0.462. The molecule has 16 heavy (non-hydrogen) atoms. The summed E-state index contributed by atoms with van der Waals surface area (Å²) in [6.07, 6.45) is 0. The van der Waals surface area contributed by atoms with Crippen molar-refractivity contribution < 1.29 is 25.6 Å². The van der Waals surface area contributed by atoms with Gasteiger partial charge in [0.05, 0.1) is 0 Å². The summed E-state index contributed by atoms with van der Waals surface area (Å²) in [5, 5.41) is 0. The number of hydrogen-bond donors (Lipinski definition) is 1. The number of rotatable bonds is 3. The molecule has 88 valence electrons. The maximum absolute atomic E-state index is 10.8. The zero-order valence-corrected chi connectivity index (χ0v) is 9.25. The van der Waals surface area contributed by atoms with E-state index in [0.29, 0.717) is 0 Å². The molecule has 0 aliphatic heterocycles. The second kappa shape index (κ2) is 5.32. The number of benzene rings is 1. The largest absolute Gasteiger partial charge is 0.444 e. The smallest absolute Gasteiger partial charge is 0.370 e. The third-order valence-corrected chi connectivity index (χ3v) is 4.14. The van der Waals surface area contributed by atoms with Gasteiger partial charge in [-0.25, -0.2) is 0 Å². The highest BCUT2D eigenvalue weighted by Gasteiger charge is 2.29. The second-order valence-corrected chi connectivity index (χ2v) is 7.06. The molecule has 0 heterocycles.